The van der Waals surface area contributed by atoms with E-state index in [0.29, 0.717) is 18.2 Å². The van der Waals surface area contributed by atoms with Crippen LogP contribution < -0.4 is 14.4 Å². The molecule has 1 aliphatic rings. The maximum atomic E-state index is 10.5. The molecule has 1 aliphatic heterocycles. The molecule has 0 atom stereocenters. The van der Waals surface area contributed by atoms with Crippen molar-refractivity contribution in [2.75, 3.05) is 44.3 Å². The largest absolute Gasteiger partial charge is 0.482 e. The van der Waals surface area contributed by atoms with E-state index >= 15 is 0 Å². The summed E-state index contributed by atoms with van der Waals surface area (Å²) in [4.78, 5) is 19.8. The van der Waals surface area contributed by atoms with Crippen LogP contribution in [0.25, 0.3) is 0 Å². The number of aromatic nitrogens is 1. The highest BCUT2D eigenvalue weighted by Crippen LogP contribution is 2.19. The van der Waals surface area contributed by atoms with Gasteiger partial charge in [0, 0.05) is 38.8 Å². The van der Waals surface area contributed by atoms with E-state index in [2.05, 4.69) is 14.8 Å². The molecule has 1 fully saturated rings. The monoisotopic (exact) mass is 371 g/mol. The van der Waals surface area contributed by atoms with E-state index in [1.165, 1.54) is 5.56 Å². The van der Waals surface area contributed by atoms with Crippen molar-refractivity contribution < 1.29 is 19.4 Å². The summed E-state index contributed by atoms with van der Waals surface area (Å²) in [5.74, 6) is 1.23. The topological polar surface area (TPSA) is 75.1 Å². The average molecular weight is 371 g/mol. The zero-order chi connectivity index (χ0) is 19.1. The number of carbonyl (C=O) groups is 1. The summed E-state index contributed by atoms with van der Waals surface area (Å²) in [5.41, 5.74) is 1.18. The fourth-order valence-electron chi connectivity index (χ4n) is 3.04. The Morgan fingerprint density at radius 1 is 1.07 bits per heavy atom. The summed E-state index contributed by atoms with van der Waals surface area (Å²) in [6, 6.07) is 13.5. The van der Waals surface area contributed by atoms with Gasteiger partial charge in [0.2, 0.25) is 5.88 Å². The molecule has 7 heteroatoms. The first kappa shape index (κ1) is 19.0. The maximum Gasteiger partial charge on any atom is 0.341 e. The van der Waals surface area contributed by atoms with Crippen molar-refractivity contribution in [1.82, 2.24) is 9.88 Å². The van der Waals surface area contributed by atoms with Crippen LogP contribution in [0, 0.1) is 0 Å². The van der Waals surface area contributed by atoms with E-state index in [1.54, 1.807) is 0 Å². The van der Waals surface area contributed by atoms with Crippen LogP contribution in [0.15, 0.2) is 42.5 Å². The predicted octanol–water partition coefficient (Wildman–Crippen LogP) is 2.27. The molecular weight excluding hydrogens is 346 g/mol. The van der Waals surface area contributed by atoms with Gasteiger partial charge >= 0.3 is 5.97 Å². The molecule has 1 aromatic carbocycles. The molecule has 1 saturated heterocycles. The van der Waals surface area contributed by atoms with Crippen LogP contribution in [0.1, 0.15) is 12.5 Å². The Bertz CT molecular complexity index is 743. The van der Waals surface area contributed by atoms with Crippen molar-refractivity contribution in [2.45, 2.75) is 13.5 Å². The molecule has 1 aromatic heterocycles. The Hall–Kier alpha value is -2.80. The number of carboxylic acid groups (broad SMARTS) is 1. The first-order chi connectivity index (χ1) is 13.1. The van der Waals surface area contributed by atoms with Gasteiger partial charge in [-0.25, -0.2) is 4.79 Å². The number of anilines is 1. The summed E-state index contributed by atoms with van der Waals surface area (Å²) in [5, 5.41) is 8.64. The van der Waals surface area contributed by atoms with Crippen LogP contribution in [0.4, 0.5) is 5.82 Å². The number of aliphatic carboxylic acids is 1. The number of benzene rings is 1. The number of ether oxygens (including phenoxy) is 2. The van der Waals surface area contributed by atoms with E-state index in [1.807, 2.05) is 49.4 Å². The van der Waals surface area contributed by atoms with Crippen LogP contribution in [0.2, 0.25) is 0 Å². The fraction of sp³-hybridized carbons (Fsp3) is 0.400. The van der Waals surface area contributed by atoms with Gasteiger partial charge in [0.15, 0.2) is 6.61 Å². The third kappa shape index (κ3) is 5.59. The molecule has 27 heavy (non-hydrogen) atoms. The predicted molar refractivity (Wildman–Crippen MR) is 102 cm³/mol. The van der Waals surface area contributed by atoms with Crippen molar-refractivity contribution in [2.24, 2.45) is 0 Å². The molecule has 1 N–H and O–H groups in total. The standard InChI is InChI=1S/C20H25N3O4/c1-2-26-19-5-3-4-18(21-19)23-12-10-22(11-13-23)14-16-6-8-17(9-7-16)27-15-20(24)25/h3-9H,2,10-15H2,1H3,(H,24,25). The Kier molecular flexibility index (Phi) is 6.49. The molecule has 0 bridgehead atoms. The van der Waals surface area contributed by atoms with E-state index in [4.69, 9.17) is 14.6 Å². The minimum absolute atomic E-state index is 0.320. The highest BCUT2D eigenvalue weighted by molar-refractivity contribution is 5.68. The van der Waals surface area contributed by atoms with Crippen LogP contribution in [-0.2, 0) is 11.3 Å². The van der Waals surface area contributed by atoms with Gasteiger partial charge in [0.25, 0.3) is 0 Å². The van der Waals surface area contributed by atoms with Crippen LogP contribution in [0.5, 0.6) is 11.6 Å². The number of hydrogen-bond donors (Lipinski definition) is 1. The van der Waals surface area contributed by atoms with Crippen molar-refractivity contribution >= 4 is 11.8 Å². The molecule has 7 nitrogen and oxygen atoms in total. The Morgan fingerprint density at radius 3 is 2.48 bits per heavy atom. The number of hydrogen-bond acceptors (Lipinski definition) is 6. The number of rotatable bonds is 8. The second-order valence-electron chi connectivity index (χ2n) is 6.36. The number of piperazine rings is 1. The lowest BCUT2D eigenvalue weighted by atomic mass is 10.2. The van der Waals surface area contributed by atoms with Gasteiger partial charge in [-0.2, -0.15) is 4.98 Å². The highest BCUT2D eigenvalue weighted by Gasteiger charge is 2.18. The summed E-state index contributed by atoms with van der Waals surface area (Å²) in [7, 11) is 0. The smallest absolute Gasteiger partial charge is 0.341 e. The third-order valence-corrected chi connectivity index (χ3v) is 4.39. The first-order valence-electron chi connectivity index (χ1n) is 9.14. The second kappa shape index (κ2) is 9.23. The van der Waals surface area contributed by atoms with Crippen molar-refractivity contribution in [1.29, 1.82) is 0 Å². The van der Waals surface area contributed by atoms with Gasteiger partial charge in [-0.3, -0.25) is 4.90 Å². The summed E-state index contributed by atoms with van der Waals surface area (Å²) in [6.07, 6.45) is 0. The maximum absolute atomic E-state index is 10.5. The van der Waals surface area contributed by atoms with Gasteiger partial charge < -0.3 is 19.5 Å². The Morgan fingerprint density at radius 2 is 1.81 bits per heavy atom. The minimum atomic E-state index is -0.974. The zero-order valence-electron chi connectivity index (χ0n) is 15.5. The Labute approximate surface area is 159 Å². The van der Waals surface area contributed by atoms with Gasteiger partial charge in [0.1, 0.15) is 11.6 Å². The molecule has 0 aliphatic carbocycles. The Balaban J connectivity index is 1.49. The molecule has 144 valence electrons. The highest BCUT2D eigenvalue weighted by atomic mass is 16.5. The van der Waals surface area contributed by atoms with E-state index < -0.39 is 5.97 Å². The van der Waals surface area contributed by atoms with Gasteiger partial charge in [-0.1, -0.05) is 18.2 Å². The normalized spacial score (nSPS) is 14.8. The summed E-state index contributed by atoms with van der Waals surface area (Å²) in [6.45, 7) is 6.86. The molecule has 0 saturated carbocycles. The lowest BCUT2D eigenvalue weighted by Crippen LogP contribution is -2.46. The molecule has 0 radical (unpaired) electrons. The second-order valence-corrected chi connectivity index (χ2v) is 6.36. The molecule has 2 heterocycles. The number of pyridine rings is 1. The van der Waals surface area contributed by atoms with Crippen molar-refractivity contribution in [3.8, 4) is 11.6 Å². The molecule has 3 rings (SSSR count). The molecule has 0 spiro atoms. The fourth-order valence-corrected chi connectivity index (χ4v) is 3.04. The molecule has 2 aromatic rings. The quantitative estimate of drug-likeness (QED) is 0.763. The van der Waals surface area contributed by atoms with Crippen LogP contribution >= 0.6 is 0 Å². The lowest BCUT2D eigenvalue weighted by molar-refractivity contribution is -0.139. The van der Waals surface area contributed by atoms with E-state index in [-0.39, 0.29) is 6.61 Å². The van der Waals surface area contributed by atoms with Gasteiger partial charge in [-0.15, -0.1) is 0 Å². The number of nitrogens with zero attached hydrogens (tertiary/aromatic N) is 3. The van der Waals surface area contributed by atoms with Gasteiger partial charge in [0.05, 0.1) is 6.61 Å². The summed E-state index contributed by atoms with van der Waals surface area (Å²) < 4.78 is 10.7. The van der Waals surface area contributed by atoms with E-state index in [9.17, 15) is 4.79 Å². The first-order valence-corrected chi connectivity index (χ1v) is 9.14. The molecular formula is C20H25N3O4. The summed E-state index contributed by atoms with van der Waals surface area (Å²) >= 11 is 0. The molecule has 0 amide bonds. The SMILES string of the molecule is CCOc1cccc(N2CCN(Cc3ccc(OCC(=O)O)cc3)CC2)n1. The van der Waals surface area contributed by atoms with Crippen molar-refractivity contribution in [3.05, 3.63) is 48.0 Å². The molecule has 0 unspecified atom stereocenters. The minimum Gasteiger partial charge on any atom is -0.482 e. The zero-order valence-corrected chi connectivity index (χ0v) is 15.5. The average Bonchev–Trinajstić information content (AvgIpc) is 2.68. The third-order valence-electron chi connectivity index (χ3n) is 4.39. The van der Waals surface area contributed by atoms with Gasteiger partial charge in [-0.05, 0) is 30.7 Å². The lowest BCUT2D eigenvalue weighted by Gasteiger charge is -2.35. The van der Waals surface area contributed by atoms with Crippen LogP contribution in [-0.4, -0.2) is 60.4 Å². The van der Waals surface area contributed by atoms with E-state index in [0.717, 1.165) is 38.5 Å². The van der Waals surface area contributed by atoms with Crippen LogP contribution in [0.3, 0.4) is 0 Å². The number of carboxylic acids is 1. The van der Waals surface area contributed by atoms with Crippen molar-refractivity contribution in [3.63, 3.8) is 0 Å².